The zero-order chi connectivity index (χ0) is 15.7. The molecule has 0 aromatic heterocycles. The van der Waals surface area contributed by atoms with Crippen molar-refractivity contribution < 1.29 is 9.59 Å². The lowest BCUT2D eigenvalue weighted by atomic mass is 10.2. The highest BCUT2D eigenvalue weighted by atomic mass is 35.5. The van der Waals surface area contributed by atoms with Crippen LogP contribution >= 0.6 is 11.6 Å². The monoisotopic (exact) mass is 314 g/mol. The molecule has 2 aromatic carbocycles. The molecule has 0 radical (unpaired) electrons. The normalized spacial score (nSPS) is 17.9. The van der Waals surface area contributed by atoms with Crippen LogP contribution in [0.2, 0.25) is 5.02 Å². The van der Waals surface area contributed by atoms with E-state index in [0.717, 1.165) is 16.2 Å². The minimum Gasteiger partial charge on any atom is -0.373 e. The van der Waals surface area contributed by atoms with E-state index in [2.05, 4.69) is 5.32 Å². The lowest BCUT2D eigenvalue weighted by Crippen LogP contribution is -2.35. The van der Waals surface area contributed by atoms with Gasteiger partial charge >= 0.3 is 0 Å². The first-order chi connectivity index (χ1) is 10.6. The summed E-state index contributed by atoms with van der Waals surface area (Å²) in [4.78, 5) is 25.9. The van der Waals surface area contributed by atoms with Crippen LogP contribution in [-0.2, 0) is 9.59 Å². The van der Waals surface area contributed by atoms with Crippen LogP contribution < -0.4 is 10.2 Å². The highest BCUT2D eigenvalue weighted by Crippen LogP contribution is 2.30. The van der Waals surface area contributed by atoms with Crippen molar-refractivity contribution in [2.75, 3.05) is 10.2 Å². The molecule has 0 bridgehead atoms. The summed E-state index contributed by atoms with van der Waals surface area (Å²) in [7, 11) is 0. The maximum atomic E-state index is 12.5. The highest BCUT2D eigenvalue weighted by Gasteiger charge is 2.40. The van der Waals surface area contributed by atoms with Crippen LogP contribution in [0.5, 0.6) is 0 Å². The van der Waals surface area contributed by atoms with E-state index in [1.807, 2.05) is 31.2 Å². The molecule has 1 atom stereocenters. The van der Waals surface area contributed by atoms with E-state index >= 15 is 0 Å². The Kier molecular flexibility index (Phi) is 3.86. The third-order valence-corrected chi connectivity index (χ3v) is 3.92. The van der Waals surface area contributed by atoms with E-state index < -0.39 is 6.04 Å². The zero-order valence-corrected chi connectivity index (χ0v) is 12.8. The quantitative estimate of drug-likeness (QED) is 0.883. The predicted molar refractivity (Wildman–Crippen MR) is 87.2 cm³/mol. The molecule has 1 fully saturated rings. The SMILES string of the molecule is Cc1cccc(N[C@@H]2CC(=O)N(c3ccccc3Cl)C2=O)c1. The smallest absolute Gasteiger partial charge is 0.256 e. The number of anilines is 2. The van der Waals surface area contributed by atoms with Crippen molar-refractivity contribution in [2.45, 2.75) is 19.4 Å². The second kappa shape index (κ2) is 5.81. The van der Waals surface area contributed by atoms with Crippen LogP contribution in [-0.4, -0.2) is 17.9 Å². The lowest BCUT2D eigenvalue weighted by Gasteiger charge is -2.17. The third-order valence-electron chi connectivity index (χ3n) is 3.60. The van der Waals surface area contributed by atoms with Gasteiger partial charge in [0.25, 0.3) is 5.91 Å². The van der Waals surface area contributed by atoms with Crippen LogP contribution in [0.1, 0.15) is 12.0 Å². The number of imide groups is 1. The molecule has 0 unspecified atom stereocenters. The van der Waals surface area contributed by atoms with Crippen molar-refractivity contribution in [2.24, 2.45) is 0 Å². The van der Waals surface area contributed by atoms with Crippen LogP contribution in [0.3, 0.4) is 0 Å². The highest BCUT2D eigenvalue weighted by molar-refractivity contribution is 6.36. The number of hydrogen-bond donors (Lipinski definition) is 1. The number of hydrogen-bond acceptors (Lipinski definition) is 3. The van der Waals surface area contributed by atoms with E-state index in [4.69, 9.17) is 11.6 Å². The number of nitrogens with zero attached hydrogens (tertiary/aromatic N) is 1. The Morgan fingerprint density at radius 1 is 1.14 bits per heavy atom. The van der Waals surface area contributed by atoms with Crippen molar-refractivity contribution in [3.05, 3.63) is 59.1 Å². The van der Waals surface area contributed by atoms with Gasteiger partial charge in [-0.2, -0.15) is 0 Å². The molecule has 1 aliphatic rings. The number of halogens is 1. The largest absolute Gasteiger partial charge is 0.373 e. The Hall–Kier alpha value is -2.33. The van der Waals surface area contributed by atoms with Gasteiger partial charge in [-0.15, -0.1) is 0 Å². The number of carbonyl (C=O) groups excluding carboxylic acids is 2. The Bertz CT molecular complexity index is 745. The summed E-state index contributed by atoms with van der Waals surface area (Å²) in [5.74, 6) is -0.525. The molecule has 1 aliphatic heterocycles. The summed E-state index contributed by atoms with van der Waals surface area (Å²) in [5.41, 5.74) is 2.35. The summed E-state index contributed by atoms with van der Waals surface area (Å²) in [6, 6.07) is 14.0. The molecule has 112 valence electrons. The molecular formula is C17H15ClN2O2. The fraction of sp³-hybridized carbons (Fsp3) is 0.176. The van der Waals surface area contributed by atoms with Crippen LogP contribution in [0, 0.1) is 6.92 Å². The lowest BCUT2D eigenvalue weighted by molar-refractivity contribution is -0.121. The van der Waals surface area contributed by atoms with Gasteiger partial charge in [0.05, 0.1) is 17.1 Å². The molecule has 2 aromatic rings. The van der Waals surface area contributed by atoms with Crippen molar-refractivity contribution in [1.29, 1.82) is 0 Å². The number of amides is 2. The predicted octanol–water partition coefficient (Wildman–Crippen LogP) is 3.39. The first-order valence-electron chi connectivity index (χ1n) is 7.01. The number of rotatable bonds is 3. The Balaban J connectivity index is 1.84. The van der Waals surface area contributed by atoms with E-state index in [9.17, 15) is 9.59 Å². The average Bonchev–Trinajstić information content (AvgIpc) is 2.74. The minimum atomic E-state index is -0.564. The maximum absolute atomic E-state index is 12.5. The summed E-state index contributed by atoms with van der Waals surface area (Å²) in [6.07, 6.45) is 0.123. The van der Waals surface area contributed by atoms with E-state index in [-0.39, 0.29) is 18.2 Å². The van der Waals surface area contributed by atoms with Gasteiger partial charge in [0.2, 0.25) is 5.91 Å². The van der Waals surface area contributed by atoms with E-state index in [1.165, 1.54) is 0 Å². The summed E-state index contributed by atoms with van der Waals surface area (Å²) >= 11 is 6.10. The number of benzene rings is 2. The third kappa shape index (κ3) is 2.70. The van der Waals surface area contributed by atoms with Crippen LogP contribution in [0.25, 0.3) is 0 Å². The molecule has 2 amide bonds. The molecule has 0 saturated carbocycles. The fourth-order valence-corrected chi connectivity index (χ4v) is 2.79. The molecule has 1 N–H and O–H groups in total. The molecule has 3 rings (SSSR count). The molecule has 1 saturated heterocycles. The van der Waals surface area contributed by atoms with Gasteiger partial charge in [-0.1, -0.05) is 35.9 Å². The fourth-order valence-electron chi connectivity index (χ4n) is 2.57. The second-order valence-corrected chi connectivity index (χ2v) is 5.70. The van der Waals surface area contributed by atoms with Crippen molar-refractivity contribution in [1.82, 2.24) is 0 Å². The standard InChI is InChI=1S/C17H15ClN2O2/c1-11-5-4-6-12(9-11)19-14-10-16(21)20(17(14)22)15-8-3-2-7-13(15)18/h2-9,14,19H,10H2,1H3/t14-/m1/s1. The van der Waals surface area contributed by atoms with Crippen molar-refractivity contribution in [3.8, 4) is 0 Å². The van der Waals surface area contributed by atoms with Gasteiger partial charge in [-0.3, -0.25) is 9.59 Å². The van der Waals surface area contributed by atoms with Gasteiger partial charge in [-0.05, 0) is 36.8 Å². The Morgan fingerprint density at radius 3 is 2.64 bits per heavy atom. The molecule has 22 heavy (non-hydrogen) atoms. The summed E-state index contributed by atoms with van der Waals surface area (Å²) in [6.45, 7) is 1.98. The number of nitrogens with one attached hydrogen (secondary N) is 1. The maximum Gasteiger partial charge on any atom is 0.256 e. The van der Waals surface area contributed by atoms with Gasteiger partial charge < -0.3 is 5.32 Å². The summed E-state index contributed by atoms with van der Waals surface area (Å²) in [5, 5.41) is 3.52. The minimum absolute atomic E-state index is 0.123. The Morgan fingerprint density at radius 2 is 1.91 bits per heavy atom. The molecule has 0 spiro atoms. The van der Waals surface area contributed by atoms with Crippen molar-refractivity contribution in [3.63, 3.8) is 0 Å². The van der Waals surface area contributed by atoms with E-state index in [1.54, 1.807) is 24.3 Å². The molecule has 4 nitrogen and oxygen atoms in total. The first-order valence-corrected chi connectivity index (χ1v) is 7.38. The van der Waals surface area contributed by atoms with Crippen LogP contribution in [0.15, 0.2) is 48.5 Å². The van der Waals surface area contributed by atoms with E-state index in [0.29, 0.717) is 10.7 Å². The topological polar surface area (TPSA) is 49.4 Å². The van der Waals surface area contributed by atoms with Gasteiger partial charge in [0, 0.05) is 5.69 Å². The summed E-state index contributed by atoms with van der Waals surface area (Å²) < 4.78 is 0. The molecular weight excluding hydrogens is 300 g/mol. The molecule has 5 heteroatoms. The first kappa shape index (κ1) is 14.6. The van der Waals surface area contributed by atoms with Gasteiger partial charge in [0.15, 0.2) is 0 Å². The average molecular weight is 315 g/mol. The Labute approximate surface area is 133 Å². The van der Waals surface area contributed by atoms with Gasteiger partial charge in [0.1, 0.15) is 6.04 Å². The van der Waals surface area contributed by atoms with Crippen LogP contribution in [0.4, 0.5) is 11.4 Å². The van der Waals surface area contributed by atoms with Gasteiger partial charge in [-0.25, -0.2) is 4.90 Å². The second-order valence-electron chi connectivity index (χ2n) is 5.29. The molecule has 0 aliphatic carbocycles. The molecule has 1 heterocycles. The van der Waals surface area contributed by atoms with Crippen molar-refractivity contribution >= 4 is 34.8 Å². The number of para-hydroxylation sites is 1. The number of carbonyl (C=O) groups is 2. The number of aryl methyl sites for hydroxylation is 1. The zero-order valence-electron chi connectivity index (χ0n) is 12.0.